The molecule has 0 saturated carbocycles. The van der Waals surface area contributed by atoms with Crippen LogP contribution in [0.4, 0.5) is 0 Å². The van der Waals surface area contributed by atoms with E-state index in [4.69, 9.17) is 0 Å². The quantitative estimate of drug-likeness (QED) is 0.707. The van der Waals surface area contributed by atoms with Gasteiger partial charge in [-0.25, -0.2) is 9.97 Å². The average molecular weight is 331 g/mol. The Morgan fingerprint density at radius 2 is 1.68 bits per heavy atom. The van der Waals surface area contributed by atoms with E-state index in [1.807, 2.05) is 6.07 Å². The van der Waals surface area contributed by atoms with Crippen molar-refractivity contribution in [1.82, 2.24) is 9.97 Å². The molecule has 0 aliphatic heterocycles. The van der Waals surface area contributed by atoms with Crippen molar-refractivity contribution in [2.24, 2.45) is 0 Å². The van der Waals surface area contributed by atoms with Gasteiger partial charge in [0.2, 0.25) is 0 Å². The number of thiophene rings is 1. The van der Waals surface area contributed by atoms with Crippen LogP contribution in [0.15, 0.2) is 64.7 Å². The zero-order valence-corrected chi connectivity index (χ0v) is 12.4. The summed E-state index contributed by atoms with van der Waals surface area (Å²) in [5.74, 6) is 0.936. The van der Waals surface area contributed by atoms with Crippen molar-refractivity contribution >= 4 is 27.3 Å². The molecule has 3 rings (SSSR count). The van der Waals surface area contributed by atoms with Crippen LogP contribution in [0.2, 0.25) is 0 Å². The van der Waals surface area contributed by atoms with Crippen LogP contribution < -0.4 is 0 Å². The summed E-state index contributed by atoms with van der Waals surface area (Å²) >= 11 is 5.11. The van der Waals surface area contributed by atoms with Gasteiger partial charge in [0.05, 0.1) is 10.4 Å². The molecule has 0 saturated heterocycles. The van der Waals surface area contributed by atoms with Crippen molar-refractivity contribution in [1.29, 1.82) is 0 Å². The Balaban J connectivity index is 2.10. The minimum atomic E-state index is 0.106. The monoisotopic (exact) mass is 330 g/mol. The molecule has 0 radical (unpaired) electrons. The molecule has 0 spiro atoms. The first-order valence-electron chi connectivity index (χ1n) is 5.90. The van der Waals surface area contributed by atoms with Crippen LogP contribution in [0.25, 0.3) is 0 Å². The van der Waals surface area contributed by atoms with Gasteiger partial charge in [0.25, 0.3) is 0 Å². The molecule has 3 aromatic rings. The summed E-state index contributed by atoms with van der Waals surface area (Å²) in [6, 6.07) is 14.6. The highest BCUT2D eigenvalue weighted by atomic mass is 79.9. The van der Waals surface area contributed by atoms with Crippen LogP contribution in [0.3, 0.4) is 0 Å². The number of benzene rings is 1. The Hall–Kier alpha value is -1.52. The molecule has 0 aliphatic rings. The summed E-state index contributed by atoms with van der Waals surface area (Å²) in [6.45, 7) is 0. The molecule has 0 bridgehead atoms. The number of hydrogen-bond acceptors (Lipinski definition) is 3. The van der Waals surface area contributed by atoms with Crippen LogP contribution in [-0.2, 0) is 0 Å². The first-order chi connectivity index (χ1) is 9.34. The average Bonchev–Trinajstić information content (AvgIpc) is 2.96. The van der Waals surface area contributed by atoms with Gasteiger partial charge in [-0.05, 0) is 32.9 Å². The Morgan fingerprint density at radius 1 is 0.947 bits per heavy atom. The second kappa shape index (κ2) is 5.63. The molecule has 4 heteroatoms. The largest absolute Gasteiger partial charge is 0.239 e. The minimum absolute atomic E-state index is 0.106. The Kier molecular flexibility index (Phi) is 3.71. The van der Waals surface area contributed by atoms with Gasteiger partial charge in [0.1, 0.15) is 5.82 Å². The molecule has 0 fully saturated rings. The van der Waals surface area contributed by atoms with E-state index >= 15 is 0 Å². The summed E-state index contributed by atoms with van der Waals surface area (Å²) in [6.07, 6.45) is 3.60. The molecule has 1 atom stereocenters. The predicted molar refractivity (Wildman–Crippen MR) is 81.4 cm³/mol. The fourth-order valence-corrected chi connectivity index (χ4v) is 3.07. The third-order valence-corrected chi connectivity index (χ3v) is 4.21. The molecule has 0 amide bonds. The second-order valence-corrected chi connectivity index (χ2v) is 6.01. The molecule has 1 unspecified atom stereocenters. The number of nitrogens with zero attached hydrogens (tertiary/aromatic N) is 2. The van der Waals surface area contributed by atoms with Gasteiger partial charge in [-0.1, -0.05) is 36.4 Å². The lowest BCUT2D eigenvalue weighted by atomic mass is 9.96. The SMILES string of the molecule is Brc1cnc(C(c2ccccc2)c2cccs2)nc1. The van der Waals surface area contributed by atoms with Crippen LogP contribution in [-0.4, -0.2) is 9.97 Å². The van der Waals surface area contributed by atoms with Gasteiger partial charge in [-0.3, -0.25) is 0 Å². The highest BCUT2D eigenvalue weighted by Gasteiger charge is 2.20. The summed E-state index contributed by atoms with van der Waals surface area (Å²) in [4.78, 5) is 10.2. The molecule has 2 heterocycles. The molecule has 0 N–H and O–H groups in total. The Labute approximate surface area is 124 Å². The highest BCUT2D eigenvalue weighted by Crippen LogP contribution is 2.32. The smallest absolute Gasteiger partial charge is 0.140 e. The van der Waals surface area contributed by atoms with Crippen molar-refractivity contribution < 1.29 is 0 Å². The van der Waals surface area contributed by atoms with Crippen molar-refractivity contribution in [3.8, 4) is 0 Å². The van der Waals surface area contributed by atoms with Crippen molar-refractivity contribution in [2.75, 3.05) is 0 Å². The van der Waals surface area contributed by atoms with Gasteiger partial charge < -0.3 is 0 Å². The molecule has 94 valence electrons. The number of rotatable bonds is 3. The summed E-state index contributed by atoms with van der Waals surface area (Å²) < 4.78 is 0.897. The van der Waals surface area contributed by atoms with Gasteiger partial charge in [0.15, 0.2) is 0 Å². The van der Waals surface area contributed by atoms with E-state index in [-0.39, 0.29) is 5.92 Å². The third kappa shape index (κ3) is 2.74. The summed E-state index contributed by atoms with van der Waals surface area (Å²) in [7, 11) is 0. The molecule has 0 aliphatic carbocycles. The van der Waals surface area contributed by atoms with Gasteiger partial charge >= 0.3 is 0 Å². The van der Waals surface area contributed by atoms with E-state index in [1.54, 1.807) is 23.7 Å². The maximum absolute atomic E-state index is 4.46. The van der Waals surface area contributed by atoms with Crippen molar-refractivity contribution in [3.05, 3.63) is 81.0 Å². The highest BCUT2D eigenvalue weighted by molar-refractivity contribution is 9.10. The van der Waals surface area contributed by atoms with E-state index in [0.717, 1.165) is 10.3 Å². The van der Waals surface area contributed by atoms with Crippen molar-refractivity contribution in [2.45, 2.75) is 5.92 Å². The van der Waals surface area contributed by atoms with E-state index < -0.39 is 0 Å². The minimum Gasteiger partial charge on any atom is -0.239 e. The van der Waals surface area contributed by atoms with Crippen LogP contribution >= 0.6 is 27.3 Å². The zero-order valence-electron chi connectivity index (χ0n) is 10.0. The normalized spacial score (nSPS) is 12.3. The first kappa shape index (κ1) is 12.5. The number of aromatic nitrogens is 2. The zero-order chi connectivity index (χ0) is 13.1. The molecule has 19 heavy (non-hydrogen) atoms. The van der Waals surface area contributed by atoms with Gasteiger partial charge in [0, 0.05) is 17.3 Å². The molecule has 2 nitrogen and oxygen atoms in total. The molecule has 2 aromatic heterocycles. The lowest BCUT2D eigenvalue weighted by Crippen LogP contribution is -2.06. The van der Waals surface area contributed by atoms with E-state index in [1.165, 1.54) is 10.4 Å². The fraction of sp³-hybridized carbons (Fsp3) is 0.0667. The maximum Gasteiger partial charge on any atom is 0.140 e. The van der Waals surface area contributed by atoms with Gasteiger partial charge in [-0.15, -0.1) is 11.3 Å². The summed E-state index contributed by atoms with van der Waals surface area (Å²) in [5, 5.41) is 2.09. The van der Waals surface area contributed by atoms with Crippen LogP contribution in [0.1, 0.15) is 22.2 Å². The summed E-state index contributed by atoms with van der Waals surface area (Å²) in [5.41, 5.74) is 1.22. The van der Waals surface area contributed by atoms with Crippen LogP contribution in [0, 0.1) is 0 Å². The topological polar surface area (TPSA) is 25.8 Å². The number of hydrogen-bond donors (Lipinski definition) is 0. The molecular formula is C15H11BrN2S. The lowest BCUT2D eigenvalue weighted by molar-refractivity contribution is 0.865. The molecule has 1 aromatic carbocycles. The standard InChI is InChI=1S/C15H11BrN2S/c16-12-9-17-15(18-10-12)14(13-7-4-8-19-13)11-5-2-1-3-6-11/h1-10,14H. The van der Waals surface area contributed by atoms with Gasteiger partial charge in [-0.2, -0.15) is 0 Å². The Bertz CT molecular complexity index is 636. The van der Waals surface area contributed by atoms with E-state index in [0.29, 0.717) is 0 Å². The number of halogens is 1. The predicted octanol–water partition coefficient (Wildman–Crippen LogP) is 4.48. The maximum atomic E-state index is 4.46. The molecular weight excluding hydrogens is 320 g/mol. The lowest BCUT2D eigenvalue weighted by Gasteiger charge is -2.14. The fourth-order valence-electron chi connectivity index (χ4n) is 2.01. The van der Waals surface area contributed by atoms with E-state index in [9.17, 15) is 0 Å². The second-order valence-electron chi connectivity index (χ2n) is 4.12. The third-order valence-electron chi connectivity index (χ3n) is 2.86. The Morgan fingerprint density at radius 3 is 2.32 bits per heavy atom. The first-order valence-corrected chi connectivity index (χ1v) is 7.57. The van der Waals surface area contributed by atoms with E-state index in [2.05, 4.69) is 67.7 Å². The van der Waals surface area contributed by atoms with Crippen molar-refractivity contribution in [3.63, 3.8) is 0 Å². The van der Waals surface area contributed by atoms with Crippen LogP contribution in [0.5, 0.6) is 0 Å².